The summed E-state index contributed by atoms with van der Waals surface area (Å²) >= 11 is 0. The predicted molar refractivity (Wildman–Crippen MR) is 75.1 cm³/mol. The van der Waals surface area contributed by atoms with Crippen LogP contribution in [0.15, 0.2) is 18.2 Å². The first-order valence-electron chi connectivity index (χ1n) is 6.84. The number of hydrogen-bond acceptors (Lipinski definition) is 3. The molecule has 18 heavy (non-hydrogen) atoms. The summed E-state index contributed by atoms with van der Waals surface area (Å²) in [7, 11) is 0. The monoisotopic (exact) mass is 248 g/mol. The summed E-state index contributed by atoms with van der Waals surface area (Å²) in [5.41, 5.74) is 8.43. The highest BCUT2D eigenvalue weighted by molar-refractivity contribution is 5.38. The fraction of sp³-hybridized carbons (Fsp3) is 0.600. The Balaban J connectivity index is 1.77. The van der Waals surface area contributed by atoms with Crippen LogP contribution in [0.2, 0.25) is 0 Å². The second-order valence-corrected chi connectivity index (χ2v) is 5.23. The van der Waals surface area contributed by atoms with Gasteiger partial charge in [-0.15, -0.1) is 0 Å². The molecule has 100 valence electrons. The van der Waals surface area contributed by atoms with Gasteiger partial charge in [-0.05, 0) is 57.0 Å². The first kappa shape index (κ1) is 13.4. The van der Waals surface area contributed by atoms with Crippen molar-refractivity contribution in [3.8, 4) is 5.75 Å². The van der Waals surface area contributed by atoms with Gasteiger partial charge >= 0.3 is 0 Å². The van der Waals surface area contributed by atoms with Gasteiger partial charge < -0.3 is 10.5 Å². The molecular weight excluding hydrogens is 224 g/mol. The van der Waals surface area contributed by atoms with Crippen LogP contribution >= 0.6 is 0 Å². The molecular formula is C15H24N2O. The number of ether oxygens (including phenoxy) is 1. The molecule has 0 bridgehead atoms. The van der Waals surface area contributed by atoms with Crippen molar-refractivity contribution >= 4 is 0 Å². The summed E-state index contributed by atoms with van der Waals surface area (Å²) in [6.07, 6.45) is 2.23. The van der Waals surface area contributed by atoms with Crippen LogP contribution in [0.3, 0.4) is 0 Å². The zero-order valence-corrected chi connectivity index (χ0v) is 11.5. The number of hydrogen-bond donors (Lipinski definition) is 1. The van der Waals surface area contributed by atoms with E-state index in [0.717, 1.165) is 44.8 Å². The molecule has 1 heterocycles. The summed E-state index contributed by atoms with van der Waals surface area (Å²) in [6.45, 7) is 8.22. The van der Waals surface area contributed by atoms with Crippen molar-refractivity contribution in [3.63, 3.8) is 0 Å². The molecule has 0 unspecified atom stereocenters. The van der Waals surface area contributed by atoms with Crippen molar-refractivity contribution in [2.24, 2.45) is 5.73 Å². The van der Waals surface area contributed by atoms with Gasteiger partial charge in [0.05, 0.1) is 0 Å². The Morgan fingerprint density at radius 2 is 2.00 bits per heavy atom. The maximum absolute atomic E-state index is 5.90. The van der Waals surface area contributed by atoms with Gasteiger partial charge in [-0.3, -0.25) is 4.90 Å². The van der Waals surface area contributed by atoms with Crippen LogP contribution in [0.1, 0.15) is 24.0 Å². The lowest BCUT2D eigenvalue weighted by molar-refractivity contribution is 0.173. The standard InChI is InChI=1S/C15H24N2O/c1-12-4-3-5-15(13(12)2)18-11-10-17-8-6-14(16)7-9-17/h3-5,14H,6-11,16H2,1-2H3. The van der Waals surface area contributed by atoms with Gasteiger partial charge in [0.1, 0.15) is 12.4 Å². The van der Waals surface area contributed by atoms with E-state index in [1.807, 2.05) is 0 Å². The minimum atomic E-state index is 0.404. The normalized spacial score (nSPS) is 17.9. The molecule has 2 rings (SSSR count). The fourth-order valence-electron chi connectivity index (χ4n) is 2.34. The van der Waals surface area contributed by atoms with E-state index in [0.29, 0.717) is 6.04 Å². The summed E-state index contributed by atoms with van der Waals surface area (Å²) < 4.78 is 5.87. The number of likely N-dealkylation sites (tertiary alicyclic amines) is 1. The van der Waals surface area contributed by atoms with E-state index < -0.39 is 0 Å². The quantitative estimate of drug-likeness (QED) is 0.887. The Labute approximate surface area is 110 Å². The number of nitrogens with zero attached hydrogens (tertiary/aromatic N) is 1. The van der Waals surface area contributed by atoms with Gasteiger partial charge in [0, 0.05) is 12.6 Å². The summed E-state index contributed by atoms with van der Waals surface area (Å²) in [5, 5.41) is 0. The molecule has 1 aliphatic heterocycles. The van der Waals surface area contributed by atoms with Gasteiger partial charge in [0.2, 0.25) is 0 Å². The second kappa shape index (κ2) is 6.21. The van der Waals surface area contributed by atoms with Crippen molar-refractivity contribution in [1.82, 2.24) is 4.90 Å². The summed E-state index contributed by atoms with van der Waals surface area (Å²) in [5.74, 6) is 1.02. The maximum Gasteiger partial charge on any atom is 0.122 e. The first-order valence-corrected chi connectivity index (χ1v) is 6.84. The van der Waals surface area contributed by atoms with Crippen molar-refractivity contribution in [2.45, 2.75) is 32.7 Å². The van der Waals surface area contributed by atoms with Gasteiger partial charge in [-0.25, -0.2) is 0 Å². The highest BCUT2D eigenvalue weighted by Crippen LogP contribution is 2.20. The van der Waals surface area contributed by atoms with E-state index in [-0.39, 0.29) is 0 Å². The molecule has 0 aliphatic carbocycles. The minimum Gasteiger partial charge on any atom is -0.492 e. The van der Waals surface area contributed by atoms with Crippen molar-refractivity contribution in [3.05, 3.63) is 29.3 Å². The molecule has 0 atom stereocenters. The van der Waals surface area contributed by atoms with Crippen LogP contribution in [-0.4, -0.2) is 37.2 Å². The Morgan fingerprint density at radius 3 is 2.72 bits per heavy atom. The Hall–Kier alpha value is -1.06. The average molecular weight is 248 g/mol. The third kappa shape index (κ3) is 3.47. The molecule has 1 saturated heterocycles. The van der Waals surface area contributed by atoms with E-state index in [2.05, 4.69) is 36.9 Å². The van der Waals surface area contributed by atoms with Crippen LogP contribution in [-0.2, 0) is 0 Å². The molecule has 2 N–H and O–H groups in total. The molecule has 0 radical (unpaired) electrons. The molecule has 0 saturated carbocycles. The maximum atomic E-state index is 5.90. The largest absolute Gasteiger partial charge is 0.492 e. The molecule has 3 heteroatoms. The number of rotatable bonds is 4. The van der Waals surface area contributed by atoms with Crippen LogP contribution in [0.5, 0.6) is 5.75 Å². The predicted octanol–water partition coefficient (Wildman–Crippen LogP) is 2.11. The highest BCUT2D eigenvalue weighted by atomic mass is 16.5. The van der Waals surface area contributed by atoms with Gasteiger partial charge in [-0.1, -0.05) is 12.1 Å². The zero-order chi connectivity index (χ0) is 13.0. The molecule has 0 aromatic heterocycles. The van der Waals surface area contributed by atoms with E-state index in [1.54, 1.807) is 0 Å². The smallest absolute Gasteiger partial charge is 0.122 e. The number of aryl methyl sites for hydroxylation is 1. The summed E-state index contributed by atoms with van der Waals surface area (Å²) in [6, 6.07) is 6.63. The number of nitrogens with two attached hydrogens (primary N) is 1. The molecule has 3 nitrogen and oxygen atoms in total. The van der Waals surface area contributed by atoms with Crippen molar-refractivity contribution in [2.75, 3.05) is 26.2 Å². The summed E-state index contributed by atoms with van der Waals surface area (Å²) in [4.78, 5) is 2.44. The molecule has 1 fully saturated rings. The van der Waals surface area contributed by atoms with Crippen LogP contribution in [0.25, 0.3) is 0 Å². The van der Waals surface area contributed by atoms with Gasteiger partial charge in [-0.2, -0.15) is 0 Å². The van der Waals surface area contributed by atoms with E-state index in [9.17, 15) is 0 Å². The number of piperidine rings is 1. The molecule has 1 aliphatic rings. The Kier molecular flexibility index (Phi) is 4.61. The van der Waals surface area contributed by atoms with Crippen LogP contribution in [0, 0.1) is 13.8 Å². The lowest BCUT2D eigenvalue weighted by Crippen LogP contribution is -2.41. The minimum absolute atomic E-state index is 0.404. The lowest BCUT2D eigenvalue weighted by atomic mass is 10.1. The molecule has 0 amide bonds. The van der Waals surface area contributed by atoms with Crippen LogP contribution < -0.4 is 10.5 Å². The van der Waals surface area contributed by atoms with Crippen molar-refractivity contribution in [1.29, 1.82) is 0 Å². The van der Waals surface area contributed by atoms with E-state index >= 15 is 0 Å². The van der Waals surface area contributed by atoms with Gasteiger partial charge in [0.15, 0.2) is 0 Å². The van der Waals surface area contributed by atoms with Gasteiger partial charge in [0.25, 0.3) is 0 Å². The fourth-order valence-corrected chi connectivity index (χ4v) is 2.34. The Morgan fingerprint density at radius 1 is 1.28 bits per heavy atom. The SMILES string of the molecule is Cc1cccc(OCCN2CCC(N)CC2)c1C. The third-order valence-electron chi connectivity index (χ3n) is 3.85. The first-order chi connectivity index (χ1) is 8.66. The topological polar surface area (TPSA) is 38.5 Å². The second-order valence-electron chi connectivity index (χ2n) is 5.23. The van der Waals surface area contributed by atoms with Crippen LogP contribution in [0.4, 0.5) is 0 Å². The molecule has 1 aromatic carbocycles. The van der Waals surface area contributed by atoms with Crippen molar-refractivity contribution < 1.29 is 4.74 Å². The molecule has 0 spiro atoms. The number of benzene rings is 1. The zero-order valence-electron chi connectivity index (χ0n) is 11.5. The Bertz CT molecular complexity index is 384. The molecule has 1 aromatic rings. The van der Waals surface area contributed by atoms with E-state index in [1.165, 1.54) is 11.1 Å². The lowest BCUT2D eigenvalue weighted by Gasteiger charge is -2.29. The average Bonchev–Trinajstić information content (AvgIpc) is 2.37. The van der Waals surface area contributed by atoms with E-state index in [4.69, 9.17) is 10.5 Å². The third-order valence-corrected chi connectivity index (χ3v) is 3.85. The highest BCUT2D eigenvalue weighted by Gasteiger charge is 2.15.